The van der Waals surface area contributed by atoms with Gasteiger partial charge in [-0.05, 0) is 12.1 Å². The van der Waals surface area contributed by atoms with E-state index in [4.69, 9.17) is 4.42 Å². The van der Waals surface area contributed by atoms with Gasteiger partial charge < -0.3 is 8.98 Å². The molecule has 3 heterocycles. The summed E-state index contributed by atoms with van der Waals surface area (Å²) in [4.78, 5) is 28.1. The summed E-state index contributed by atoms with van der Waals surface area (Å²) in [5.41, 5.74) is 0.0172. The Labute approximate surface area is 107 Å². The predicted octanol–water partition coefficient (Wildman–Crippen LogP) is 0.0750. The molecule has 3 rings (SSSR count). The molecular formula is C12H12N4O3. The molecule has 3 aromatic heterocycles. The zero-order valence-electron chi connectivity index (χ0n) is 10.5. The van der Waals surface area contributed by atoms with Crippen molar-refractivity contribution in [3.05, 3.63) is 51.3 Å². The molecule has 0 atom stereocenters. The summed E-state index contributed by atoms with van der Waals surface area (Å²) in [6.07, 6.45) is 3.11. The van der Waals surface area contributed by atoms with E-state index >= 15 is 0 Å². The fourth-order valence-electron chi connectivity index (χ4n) is 2.09. The van der Waals surface area contributed by atoms with E-state index in [9.17, 15) is 9.59 Å². The van der Waals surface area contributed by atoms with Gasteiger partial charge >= 0.3 is 5.69 Å². The lowest BCUT2D eigenvalue weighted by molar-refractivity contribution is 0.495. The van der Waals surface area contributed by atoms with E-state index in [0.29, 0.717) is 17.7 Å². The van der Waals surface area contributed by atoms with Gasteiger partial charge in [-0.1, -0.05) is 0 Å². The van der Waals surface area contributed by atoms with Gasteiger partial charge in [0.15, 0.2) is 11.2 Å². The number of fused-ring (bicyclic) bond motifs is 1. The third-order valence-electron chi connectivity index (χ3n) is 3.12. The molecule has 0 aliphatic heterocycles. The van der Waals surface area contributed by atoms with Gasteiger partial charge in [-0.2, -0.15) is 0 Å². The molecule has 0 saturated heterocycles. The highest BCUT2D eigenvalue weighted by Crippen LogP contribution is 2.09. The summed E-state index contributed by atoms with van der Waals surface area (Å²) < 4.78 is 9.36. The average Bonchev–Trinajstić information content (AvgIpc) is 3.04. The van der Waals surface area contributed by atoms with Gasteiger partial charge in [-0.3, -0.25) is 13.9 Å². The lowest BCUT2D eigenvalue weighted by Crippen LogP contribution is -2.37. The molecule has 98 valence electrons. The topological polar surface area (TPSA) is 75.0 Å². The van der Waals surface area contributed by atoms with Crippen LogP contribution < -0.4 is 11.2 Å². The molecule has 0 saturated carbocycles. The Kier molecular flexibility index (Phi) is 2.41. The Bertz CT molecular complexity index is 852. The second kappa shape index (κ2) is 3.98. The minimum absolute atomic E-state index is 0.359. The van der Waals surface area contributed by atoms with Crippen molar-refractivity contribution in [2.75, 3.05) is 0 Å². The Hall–Kier alpha value is -2.57. The minimum Gasteiger partial charge on any atom is -0.467 e. The van der Waals surface area contributed by atoms with Crippen LogP contribution in [-0.2, 0) is 20.6 Å². The van der Waals surface area contributed by atoms with Crippen LogP contribution >= 0.6 is 0 Å². The lowest BCUT2D eigenvalue weighted by Gasteiger charge is -2.05. The van der Waals surface area contributed by atoms with Crippen molar-refractivity contribution in [1.82, 2.24) is 18.7 Å². The lowest BCUT2D eigenvalue weighted by atomic mass is 10.4. The molecule has 7 nitrogen and oxygen atoms in total. The summed E-state index contributed by atoms with van der Waals surface area (Å²) in [5.74, 6) is 0.718. The molecule has 3 aromatic rings. The van der Waals surface area contributed by atoms with E-state index < -0.39 is 0 Å². The van der Waals surface area contributed by atoms with E-state index in [-0.39, 0.29) is 11.2 Å². The Morgan fingerprint density at radius 2 is 2.05 bits per heavy atom. The first-order chi connectivity index (χ1) is 9.09. The zero-order chi connectivity index (χ0) is 13.6. The highest BCUT2D eigenvalue weighted by Gasteiger charge is 2.14. The molecule has 0 fully saturated rings. The van der Waals surface area contributed by atoms with Crippen molar-refractivity contribution < 1.29 is 4.42 Å². The molecule has 7 heteroatoms. The van der Waals surface area contributed by atoms with Gasteiger partial charge in [0, 0.05) is 14.1 Å². The van der Waals surface area contributed by atoms with Crippen molar-refractivity contribution >= 4 is 11.2 Å². The highest BCUT2D eigenvalue weighted by atomic mass is 16.3. The normalized spacial score (nSPS) is 11.3. The van der Waals surface area contributed by atoms with Gasteiger partial charge in [-0.25, -0.2) is 9.78 Å². The number of nitrogens with zero attached hydrogens (tertiary/aromatic N) is 4. The van der Waals surface area contributed by atoms with Crippen LogP contribution in [0.15, 0.2) is 38.7 Å². The molecule has 0 radical (unpaired) electrons. The second-order valence-corrected chi connectivity index (χ2v) is 4.33. The maximum absolute atomic E-state index is 12.2. The Morgan fingerprint density at radius 1 is 1.26 bits per heavy atom. The fraction of sp³-hybridized carbons (Fsp3) is 0.250. The molecule has 0 N–H and O–H groups in total. The van der Waals surface area contributed by atoms with E-state index in [2.05, 4.69) is 4.98 Å². The van der Waals surface area contributed by atoms with Crippen molar-refractivity contribution in [3.63, 3.8) is 0 Å². The van der Waals surface area contributed by atoms with E-state index in [1.165, 1.54) is 17.9 Å². The maximum atomic E-state index is 12.2. The van der Waals surface area contributed by atoms with Crippen molar-refractivity contribution in [3.8, 4) is 0 Å². The SMILES string of the molecule is Cn1c(=O)c2c(ncn2Cc2ccco2)n(C)c1=O. The van der Waals surface area contributed by atoms with Crippen LogP contribution in [0.3, 0.4) is 0 Å². The molecule has 19 heavy (non-hydrogen) atoms. The van der Waals surface area contributed by atoms with E-state index in [1.54, 1.807) is 23.9 Å². The molecule has 0 spiro atoms. The number of imidazole rings is 1. The smallest absolute Gasteiger partial charge is 0.332 e. The van der Waals surface area contributed by atoms with Gasteiger partial charge in [0.05, 0.1) is 19.1 Å². The first kappa shape index (κ1) is 11.5. The molecule has 0 unspecified atom stereocenters. The number of furan rings is 1. The second-order valence-electron chi connectivity index (χ2n) is 4.33. The van der Waals surface area contributed by atoms with E-state index in [0.717, 1.165) is 10.3 Å². The summed E-state index contributed by atoms with van der Waals surface area (Å²) in [6, 6.07) is 3.60. The van der Waals surface area contributed by atoms with Gasteiger partial charge in [0.2, 0.25) is 0 Å². The summed E-state index contributed by atoms with van der Waals surface area (Å²) in [5, 5.41) is 0. The highest BCUT2D eigenvalue weighted by molar-refractivity contribution is 5.70. The molecular weight excluding hydrogens is 248 g/mol. The molecule has 0 aromatic carbocycles. The summed E-state index contributed by atoms with van der Waals surface area (Å²) in [7, 11) is 3.04. The Morgan fingerprint density at radius 3 is 2.74 bits per heavy atom. The van der Waals surface area contributed by atoms with Crippen LogP contribution in [0.1, 0.15) is 5.76 Å². The molecule has 0 amide bonds. The zero-order valence-corrected chi connectivity index (χ0v) is 10.5. The quantitative estimate of drug-likeness (QED) is 0.653. The first-order valence-corrected chi connectivity index (χ1v) is 5.73. The summed E-state index contributed by atoms with van der Waals surface area (Å²) in [6.45, 7) is 0.400. The van der Waals surface area contributed by atoms with Gasteiger partial charge in [0.25, 0.3) is 5.56 Å². The van der Waals surface area contributed by atoms with Crippen LogP contribution in [0.25, 0.3) is 11.2 Å². The van der Waals surface area contributed by atoms with Crippen molar-refractivity contribution in [2.24, 2.45) is 14.1 Å². The number of rotatable bonds is 2. The van der Waals surface area contributed by atoms with E-state index in [1.807, 2.05) is 6.07 Å². The monoisotopic (exact) mass is 260 g/mol. The standard InChI is InChI=1S/C12H12N4O3/c1-14-10-9(11(17)15(2)12(14)18)16(7-13-10)6-8-4-3-5-19-8/h3-5,7H,6H2,1-2H3. The fourth-order valence-corrected chi connectivity index (χ4v) is 2.09. The van der Waals surface area contributed by atoms with Crippen LogP contribution in [0.5, 0.6) is 0 Å². The number of aromatic nitrogens is 4. The molecule has 0 aliphatic rings. The maximum Gasteiger partial charge on any atom is 0.332 e. The third-order valence-corrected chi connectivity index (χ3v) is 3.12. The molecule has 0 aliphatic carbocycles. The van der Waals surface area contributed by atoms with Crippen LogP contribution in [0, 0.1) is 0 Å². The average molecular weight is 260 g/mol. The third kappa shape index (κ3) is 1.62. The van der Waals surface area contributed by atoms with Crippen LogP contribution in [0.4, 0.5) is 0 Å². The number of hydrogen-bond acceptors (Lipinski definition) is 4. The Balaban J connectivity index is 2.29. The van der Waals surface area contributed by atoms with Crippen LogP contribution in [0.2, 0.25) is 0 Å². The van der Waals surface area contributed by atoms with Crippen molar-refractivity contribution in [1.29, 1.82) is 0 Å². The number of hydrogen-bond donors (Lipinski definition) is 0. The van der Waals surface area contributed by atoms with Crippen LogP contribution in [-0.4, -0.2) is 18.7 Å². The minimum atomic E-state index is -0.388. The predicted molar refractivity (Wildman–Crippen MR) is 68.0 cm³/mol. The largest absolute Gasteiger partial charge is 0.467 e. The number of aryl methyl sites for hydroxylation is 1. The summed E-state index contributed by atoms with van der Waals surface area (Å²) >= 11 is 0. The molecule has 0 bridgehead atoms. The van der Waals surface area contributed by atoms with Gasteiger partial charge in [0.1, 0.15) is 5.76 Å². The van der Waals surface area contributed by atoms with Gasteiger partial charge in [-0.15, -0.1) is 0 Å². The van der Waals surface area contributed by atoms with Crippen molar-refractivity contribution in [2.45, 2.75) is 6.54 Å². The first-order valence-electron chi connectivity index (χ1n) is 5.73.